The molecular formula is C23H32N4O2S. The first kappa shape index (κ1) is 21.4. The third kappa shape index (κ3) is 5.25. The minimum Gasteiger partial charge on any atom is -0.376 e. The first-order chi connectivity index (χ1) is 14.6. The molecule has 3 heterocycles. The minimum atomic E-state index is 0.0698. The predicted octanol–water partition coefficient (Wildman–Crippen LogP) is 3.69. The highest BCUT2D eigenvalue weighted by Gasteiger charge is 2.29. The molecule has 1 aromatic heterocycles. The summed E-state index contributed by atoms with van der Waals surface area (Å²) < 4.78 is 9.80. The lowest BCUT2D eigenvalue weighted by molar-refractivity contribution is 0.0447. The molecule has 0 spiro atoms. The number of likely N-dealkylation sites (tertiary alicyclic amines) is 1. The zero-order chi connectivity index (χ0) is 20.9. The van der Waals surface area contributed by atoms with Gasteiger partial charge in [0.1, 0.15) is 4.88 Å². The number of hydrogen-bond donors (Lipinski definition) is 0. The van der Waals surface area contributed by atoms with Gasteiger partial charge in [0.2, 0.25) is 0 Å². The molecule has 0 aliphatic carbocycles. The molecule has 7 heteroatoms. The van der Waals surface area contributed by atoms with E-state index in [4.69, 9.17) is 4.74 Å². The number of carbonyl (C=O) groups is 1. The molecule has 6 nitrogen and oxygen atoms in total. The first-order valence-corrected chi connectivity index (χ1v) is 11.8. The molecule has 0 bridgehead atoms. The van der Waals surface area contributed by atoms with Gasteiger partial charge in [0.05, 0.1) is 11.8 Å². The summed E-state index contributed by atoms with van der Waals surface area (Å²) in [6, 6.07) is 8.65. The largest absolute Gasteiger partial charge is 0.376 e. The van der Waals surface area contributed by atoms with E-state index in [9.17, 15) is 4.79 Å². The van der Waals surface area contributed by atoms with Crippen LogP contribution in [0.2, 0.25) is 0 Å². The van der Waals surface area contributed by atoms with Crippen LogP contribution < -0.4 is 0 Å². The van der Waals surface area contributed by atoms with Crippen molar-refractivity contribution in [1.82, 2.24) is 19.4 Å². The Morgan fingerprint density at radius 2 is 2.00 bits per heavy atom. The summed E-state index contributed by atoms with van der Waals surface area (Å²) in [5, 5.41) is 4.04. The predicted molar refractivity (Wildman–Crippen MR) is 119 cm³/mol. The van der Waals surface area contributed by atoms with E-state index in [1.807, 2.05) is 11.8 Å². The zero-order valence-electron chi connectivity index (χ0n) is 18.0. The van der Waals surface area contributed by atoms with Crippen LogP contribution in [0, 0.1) is 19.8 Å². The third-order valence-electron chi connectivity index (χ3n) is 6.42. The lowest BCUT2D eigenvalue weighted by Crippen LogP contribution is -2.43. The Morgan fingerprint density at radius 3 is 2.67 bits per heavy atom. The highest BCUT2D eigenvalue weighted by molar-refractivity contribution is 7.07. The maximum Gasteiger partial charge on any atom is 0.267 e. The molecular weight excluding hydrogens is 396 g/mol. The van der Waals surface area contributed by atoms with E-state index in [0.717, 1.165) is 64.2 Å². The molecule has 1 aromatic carbocycles. The van der Waals surface area contributed by atoms with Gasteiger partial charge in [-0.15, -0.1) is 5.10 Å². The molecule has 2 saturated heterocycles. The van der Waals surface area contributed by atoms with Crippen LogP contribution in [0.1, 0.15) is 52.2 Å². The van der Waals surface area contributed by atoms with Crippen molar-refractivity contribution in [2.24, 2.45) is 5.92 Å². The van der Waals surface area contributed by atoms with Crippen molar-refractivity contribution in [3.05, 3.63) is 46.0 Å². The van der Waals surface area contributed by atoms with Crippen LogP contribution in [0.3, 0.4) is 0 Å². The van der Waals surface area contributed by atoms with Gasteiger partial charge in [0, 0.05) is 26.2 Å². The Morgan fingerprint density at radius 1 is 1.20 bits per heavy atom. The van der Waals surface area contributed by atoms with Crippen molar-refractivity contribution >= 4 is 17.4 Å². The number of ether oxygens (including phenoxy) is 1. The van der Waals surface area contributed by atoms with Gasteiger partial charge < -0.3 is 9.64 Å². The average Bonchev–Trinajstić information content (AvgIpc) is 3.42. The number of amides is 1. The van der Waals surface area contributed by atoms with Crippen LogP contribution in [0.15, 0.2) is 24.3 Å². The number of piperidine rings is 1. The fourth-order valence-corrected chi connectivity index (χ4v) is 5.14. The molecule has 4 rings (SSSR count). The standard InChI is InChI=1S/C23H32N4O2S/c1-17-6-3-4-7-20(17)15-26-11-9-19(10-12-26)14-27(16-21-8-5-13-29-21)23(28)22-18(2)24-25-30-22/h3-4,6-7,19,21H,5,8-16H2,1-2H3/t21-/m1/s1. The van der Waals surface area contributed by atoms with Gasteiger partial charge in [-0.2, -0.15) is 0 Å². The van der Waals surface area contributed by atoms with Crippen molar-refractivity contribution in [2.75, 3.05) is 32.8 Å². The SMILES string of the molecule is Cc1ccccc1CN1CCC(CN(C[C@H]2CCCO2)C(=O)c2snnc2C)CC1. The second-order valence-electron chi connectivity index (χ2n) is 8.68. The Balaban J connectivity index is 1.35. The van der Waals surface area contributed by atoms with E-state index in [2.05, 4.69) is 45.7 Å². The second kappa shape index (κ2) is 9.98. The van der Waals surface area contributed by atoms with Gasteiger partial charge in [-0.1, -0.05) is 28.8 Å². The monoisotopic (exact) mass is 428 g/mol. The van der Waals surface area contributed by atoms with Crippen LogP contribution in [-0.4, -0.2) is 64.2 Å². The Bertz CT molecular complexity index is 841. The van der Waals surface area contributed by atoms with E-state index in [1.165, 1.54) is 22.7 Å². The van der Waals surface area contributed by atoms with Gasteiger partial charge in [-0.25, -0.2) is 0 Å². The molecule has 0 N–H and O–H groups in total. The summed E-state index contributed by atoms with van der Waals surface area (Å²) in [6.07, 6.45) is 4.54. The van der Waals surface area contributed by atoms with Crippen molar-refractivity contribution in [1.29, 1.82) is 0 Å². The molecule has 30 heavy (non-hydrogen) atoms. The lowest BCUT2D eigenvalue weighted by atomic mass is 9.95. The van der Waals surface area contributed by atoms with Gasteiger partial charge in [0.15, 0.2) is 0 Å². The molecule has 1 amide bonds. The number of rotatable bonds is 7. The zero-order valence-corrected chi connectivity index (χ0v) is 18.9. The van der Waals surface area contributed by atoms with E-state index in [1.54, 1.807) is 0 Å². The van der Waals surface area contributed by atoms with Crippen LogP contribution in [0.4, 0.5) is 0 Å². The first-order valence-electron chi connectivity index (χ1n) is 11.1. The Kier molecular flexibility index (Phi) is 7.12. The van der Waals surface area contributed by atoms with Crippen LogP contribution in [-0.2, 0) is 11.3 Å². The maximum atomic E-state index is 13.2. The molecule has 0 radical (unpaired) electrons. The maximum absolute atomic E-state index is 13.2. The van der Waals surface area contributed by atoms with Crippen LogP contribution in [0.5, 0.6) is 0 Å². The van der Waals surface area contributed by atoms with E-state index in [0.29, 0.717) is 17.3 Å². The summed E-state index contributed by atoms with van der Waals surface area (Å²) in [4.78, 5) is 18.5. The summed E-state index contributed by atoms with van der Waals surface area (Å²) in [5.41, 5.74) is 3.51. The third-order valence-corrected chi connectivity index (χ3v) is 7.24. The lowest BCUT2D eigenvalue weighted by Gasteiger charge is -2.35. The number of benzene rings is 1. The number of nitrogens with zero attached hydrogens (tertiary/aromatic N) is 4. The van der Waals surface area contributed by atoms with E-state index >= 15 is 0 Å². The molecule has 0 saturated carbocycles. The Hall–Kier alpha value is -1.83. The van der Waals surface area contributed by atoms with Crippen molar-refractivity contribution in [3.63, 3.8) is 0 Å². The topological polar surface area (TPSA) is 58.6 Å². The summed E-state index contributed by atoms with van der Waals surface area (Å²) in [5.74, 6) is 0.602. The Labute approximate surface area is 183 Å². The van der Waals surface area contributed by atoms with Gasteiger partial charge in [0.25, 0.3) is 5.91 Å². The van der Waals surface area contributed by atoms with E-state index in [-0.39, 0.29) is 12.0 Å². The van der Waals surface area contributed by atoms with Gasteiger partial charge in [-0.05, 0) is 81.2 Å². The molecule has 2 aliphatic rings. The molecule has 2 fully saturated rings. The number of hydrogen-bond acceptors (Lipinski definition) is 6. The molecule has 162 valence electrons. The van der Waals surface area contributed by atoms with Gasteiger partial charge in [-0.3, -0.25) is 9.69 Å². The summed E-state index contributed by atoms with van der Waals surface area (Å²) in [6.45, 7) is 9.53. The number of carbonyl (C=O) groups excluding carboxylic acids is 1. The average molecular weight is 429 g/mol. The quantitative estimate of drug-likeness (QED) is 0.673. The molecule has 0 unspecified atom stereocenters. The van der Waals surface area contributed by atoms with Crippen molar-refractivity contribution in [2.45, 2.75) is 52.2 Å². The van der Waals surface area contributed by atoms with E-state index < -0.39 is 0 Å². The van der Waals surface area contributed by atoms with Gasteiger partial charge >= 0.3 is 0 Å². The smallest absolute Gasteiger partial charge is 0.267 e. The number of aryl methyl sites for hydroxylation is 2. The fraction of sp³-hybridized carbons (Fsp3) is 0.609. The molecule has 2 aliphatic heterocycles. The highest BCUT2D eigenvalue weighted by Crippen LogP contribution is 2.24. The second-order valence-corrected chi connectivity index (χ2v) is 9.43. The summed E-state index contributed by atoms with van der Waals surface area (Å²) >= 11 is 1.21. The van der Waals surface area contributed by atoms with Crippen LogP contribution in [0.25, 0.3) is 0 Å². The van der Waals surface area contributed by atoms with Crippen molar-refractivity contribution < 1.29 is 9.53 Å². The summed E-state index contributed by atoms with van der Waals surface area (Å²) in [7, 11) is 0. The number of aromatic nitrogens is 2. The molecule has 1 atom stereocenters. The minimum absolute atomic E-state index is 0.0698. The highest BCUT2D eigenvalue weighted by atomic mass is 32.1. The van der Waals surface area contributed by atoms with Crippen molar-refractivity contribution in [3.8, 4) is 0 Å². The van der Waals surface area contributed by atoms with Crippen LogP contribution >= 0.6 is 11.5 Å². The fourth-order valence-electron chi connectivity index (χ4n) is 4.51. The molecule has 2 aromatic rings. The normalized spacial score (nSPS) is 20.5.